The molecule has 0 aliphatic heterocycles. The number of hydrogen-bond donors (Lipinski definition) is 2. The number of rotatable bonds is 3. The second-order valence-electron chi connectivity index (χ2n) is 2.80. The molecule has 0 spiro atoms. The van der Waals surface area contributed by atoms with Gasteiger partial charge in [0.25, 0.3) is 0 Å². The van der Waals surface area contributed by atoms with Crippen LogP contribution in [0, 0.1) is 0 Å². The summed E-state index contributed by atoms with van der Waals surface area (Å²) < 4.78 is 30.6. The first-order valence-corrected chi connectivity index (χ1v) is 6.42. The van der Waals surface area contributed by atoms with Crippen molar-refractivity contribution >= 4 is 45.2 Å². The van der Waals surface area contributed by atoms with Gasteiger partial charge in [0.15, 0.2) is 0 Å². The van der Waals surface area contributed by atoms with E-state index in [0.717, 1.165) is 7.11 Å². The number of benzene rings is 1. The largest absolute Gasteiger partial charge is 0.452 e. The summed E-state index contributed by atoms with van der Waals surface area (Å²) in [7, 11) is -3.10. The van der Waals surface area contributed by atoms with Crippen LogP contribution in [0.3, 0.4) is 0 Å². The number of hydrogen-bond acceptors (Lipinski definition) is 4. The molecule has 0 aromatic heterocycles. The predicted octanol–water partition coefficient (Wildman–Crippen LogP) is 2.01. The quantitative estimate of drug-likeness (QED) is 0.894. The van der Waals surface area contributed by atoms with Crippen LogP contribution in [0.1, 0.15) is 0 Å². The lowest BCUT2D eigenvalue weighted by atomic mass is 10.3. The number of para-hydroxylation sites is 1. The third-order valence-corrected chi connectivity index (χ3v) is 3.14. The zero-order valence-corrected chi connectivity index (χ0v) is 10.9. The summed E-state index contributed by atoms with van der Waals surface area (Å²) in [6, 6.07) is 4.45. The molecular weight excluding hydrogens is 291 g/mol. The first kappa shape index (κ1) is 13.9. The maximum atomic E-state index is 11.4. The van der Waals surface area contributed by atoms with Gasteiger partial charge in [-0.1, -0.05) is 29.3 Å². The van der Waals surface area contributed by atoms with Gasteiger partial charge in [0.05, 0.1) is 22.8 Å². The van der Waals surface area contributed by atoms with Gasteiger partial charge in [-0.15, -0.1) is 0 Å². The van der Waals surface area contributed by atoms with Crippen LogP contribution in [-0.4, -0.2) is 21.6 Å². The number of nitrogens with one attached hydrogen (secondary N) is 2. The van der Waals surface area contributed by atoms with Crippen LogP contribution in [-0.2, 0) is 14.9 Å². The molecule has 0 aliphatic rings. The average Bonchev–Trinajstić information content (AvgIpc) is 2.23. The molecule has 6 nitrogen and oxygen atoms in total. The first-order chi connectivity index (χ1) is 7.85. The maximum Gasteiger partial charge on any atom is 0.422 e. The van der Waals surface area contributed by atoms with Crippen LogP contribution < -0.4 is 9.44 Å². The van der Waals surface area contributed by atoms with Crippen LogP contribution >= 0.6 is 23.2 Å². The fraction of sp³-hybridized carbons (Fsp3) is 0.125. The zero-order valence-electron chi connectivity index (χ0n) is 8.53. The number of halogens is 2. The number of carbonyl (C=O) groups is 1. The van der Waals surface area contributed by atoms with E-state index in [1.807, 2.05) is 4.72 Å². The summed E-state index contributed by atoms with van der Waals surface area (Å²) in [5.74, 6) is 0. The Balaban J connectivity index is 2.95. The Morgan fingerprint density at radius 3 is 2.29 bits per heavy atom. The number of carbonyl (C=O) groups excluding carboxylic acids is 1. The van der Waals surface area contributed by atoms with Crippen molar-refractivity contribution in [3.05, 3.63) is 28.2 Å². The SMILES string of the molecule is COC(=O)NS(=O)(=O)Nc1c(Cl)cccc1Cl. The summed E-state index contributed by atoms with van der Waals surface area (Å²) in [4.78, 5) is 10.8. The van der Waals surface area contributed by atoms with E-state index in [1.54, 1.807) is 10.8 Å². The van der Waals surface area contributed by atoms with Crippen LogP contribution in [0.15, 0.2) is 18.2 Å². The third-order valence-electron chi connectivity index (χ3n) is 1.60. The highest BCUT2D eigenvalue weighted by atomic mass is 35.5. The monoisotopic (exact) mass is 298 g/mol. The number of amides is 1. The molecule has 0 radical (unpaired) electrons. The van der Waals surface area contributed by atoms with Gasteiger partial charge < -0.3 is 4.74 Å². The van der Waals surface area contributed by atoms with Crippen molar-refractivity contribution in [3.8, 4) is 0 Å². The van der Waals surface area contributed by atoms with Crippen LogP contribution in [0.5, 0.6) is 0 Å². The van der Waals surface area contributed by atoms with Crippen molar-refractivity contribution in [1.82, 2.24) is 4.72 Å². The zero-order chi connectivity index (χ0) is 13.1. The second-order valence-corrected chi connectivity index (χ2v) is 5.03. The normalized spacial score (nSPS) is 10.8. The molecular formula is C8H8Cl2N2O4S. The second kappa shape index (κ2) is 5.44. The summed E-state index contributed by atoms with van der Waals surface area (Å²) in [5.41, 5.74) is -0.0211. The van der Waals surface area contributed by atoms with E-state index in [0.29, 0.717) is 0 Å². The first-order valence-electron chi connectivity index (χ1n) is 4.18. The predicted molar refractivity (Wildman–Crippen MR) is 64.5 cm³/mol. The Hall–Kier alpha value is -1.18. The molecule has 1 rings (SSSR count). The highest BCUT2D eigenvalue weighted by molar-refractivity contribution is 7.91. The summed E-state index contributed by atoms with van der Waals surface area (Å²) in [5, 5.41) is 0.209. The standard InChI is InChI=1S/C8H8Cl2N2O4S/c1-16-8(13)12-17(14,15)11-7-5(9)3-2-4-6(7)10/h2-4,11H,1H3,(H,12,13). The minimum atomic E-state index is -4.13. The molecule has 0 saturated heterocycles. The van der Waals surface area contributed by atoms with E-state index in [-0.39, 0.29) is 15.7 Å². The van der Waals surface area contributed by atoms with Crippen molar-refractivity contribution in [1.29, 1.82) is 0 Å². The van der Waals surface area contributed by atoms with E-state index in [4.69, 9.17) is 23.2 Å². The molecule has 1 aromatic rings. The molecule has 0 bridgehead atoms. The Kier molecular flexibility index (Phi) is 4.44. The van der Waals surface area contributed by atoms with Gasteiger partial charge in [0.2, 0.25) is 0 Å². The van der Waals surface area contributed by atoms with Crippen LogP contribution in [0.4, 0.5) is 10.5 Å². The lowest BCUT2D eigenvalue weighted by Gasteiger charge is -2.10. The van der Waals surface area contributed by atoms with Crippen LogP contribution in [0.2, 0.25) is 10.0 Å². The molecule has 0 fully saturated rings. The van der Waals surface area contributed by atoms with Crippen molar-refractivity contribution in [3.63, 3.8) is 0 Å². The van der Waals surface area contributed by atoms with Gasteiger partial charge in [-0.2, -0.15) is 8.42 Å². The van der Waals surface area contributed by atoms with E-state index in [2.05, 4.69) is 4.74 Å². The molecule has 0 atom stereocenters. The average molecular weight is 299 g/mol. The molecule has 0 unspecified atom stereocenters. The van der Waals surface area contributed by atoms with Crippen molar-refractivity contribution in [2.24, 2.45) is 0 Å². The number of ether oxygens (including phenoxy) is 1. The Labute approximate surface area is 108 Å². The fourth-order valence-corrected chi connectivity index (χ4v) is 2.35. The van der Waals surface area contributed by atoms with Gasteiger partial charge in [-0.05, 0) is 12.1 Å². The lowest BCUT2D eigenvalue weighted by molar-refractivity contribution is 0.177. The highest BCUT2D eigenvalue weighted by Gasteiger charge is 2.17. The number of methoxy groups -OCH3 is 1. The molecule has 94 valence electrons. The molecule has 17 heavy (non-hydrogen) atoms. The van der Waals surface area contributed by atoms with E-state index in [9.17, 15) is 13.2 Å². The van der Waals surface area contributed by atoms with Crippen molar-refractivity contribution < 1.29 is 17.9 Å². The summed E-state index contributed by atoms with van der Waals surface area (Å²) >= 11 is 11.5. The lowest BCUT2D eigenvalue weighted by Crippen LogP contribution is -2.35. The summed E-state index contributed by atoms with van der Waals surface area (Å²) in [6.07, 6.45) is -1.12. The number of anilines is 1. The molecule has 2 N–H and O–H groups in total. The minimum Gasteiger partial charge on any atom is -0.452 e. The molecule has 9 heteroatoms. The third kappa shape index (κ3) is 3.95. The van der Waals surface area contributed by atoms with Crippen molar-refractivity contribution in [2.45, 2.75) is 0 Å². The minimum absolute atomic E-state index is 0.0211. The Bertz CT molecular complexity index is 512. The topological polar surface area (TPSA) is 84.5 Å². The van der Waals surface area contributed by atoms with Gasteiger partial charge >= 0.3 is 16.3 Å². The summed E-state index contributed by atoms with van der Waals surface area (Å²) in [6.45, 7) is 0. The van der Waals surface area contributed by atoms with Gasteiger partial charge in [-0.3, -0.25) is 4.72 Å². The van der Waals surface area contributed by atoms with E-state index >= 15 is 0 Å². The Morgan fingerprint density at radius 1 is 1.29 bits per heavy atom. The Morgan fingerprint density at radius 2 is 1.82 bits per heavy atom. The highest BCUT2D eigenvalue weighted by Crippen LogP contribution is 2.30. The van der Waals surface area contributed by atoms with Gasteiger partial charge in [-0.25, -0.2) is 9.52 Å². The van der Waals surface area contributed by atoms with Crippen LogP contribution in [0.25, 0.3) is 0 Å². The smallest absolute Gasteiger partial charge is 0.422 e. The molecule has 0 saturated carbocycles. The maximum absolute atomic E-state index is 11.4. The molecule has 0 aliphatic carbocycles. The molecule has 1 amide bonds. The van der Waals surface area contributed by atoms with E-state index < -0.39 is 16.3 Å². The van der Waals surface area contributed by atoms with Gasteiger partial charge in [0.1, 0.15) is 0 Å². The van der Waals surface area contributed by atoms with E-state index in [1.165, 1.54) is 12.1 Å². The molecule has 0 heterocycles. The van der Waals surface area contributed by atoms with Gasteiger partial charge in [0, 0.05) is 0 Å². The molecule has 1 aromatic carbocycles. The van der Waals surface area contributed by atoms with Crippen molar-refractivity contribution in [2.75, 3.05) is 11.8 Å². The fourth-order valence-electron chi connectivity index (χ4n) is 0.907.